The van der Waals surface area contributed by atoms with Crippen molar-refractivity contribution in [3.8, 4) is 11.8 Å². The van der Waals surface area contributed by atoms with Crippen LogP contribution in [0.25, 0.3) is 0 Å². The number of nitrogens with zero attached hydrogens (tertiary/aromatic N) is 2. The summed E-state index contributed by atoms with van der Waals surface area (Å²) in [5.41, 5.74) is 1.17. The molecule has 1 aromatic heterocycles. The second-order valence-corrected chi connectivity index (χ2v) is 4.92. The highest BCUT2D eigenvalue weighted by Crippen LogP contribution is 2.24. The van der Waals surface area contributed by atoms with Gasteiger partial charge in [-0.25, -0.2) is 4.98 Å². The van der Waals surface area contributed by atoms with E-state index in [0.29, 0.717) is 17.3 Å². The third-order valence-corrected chi connectivity index (χ3v) is 3.66. The zero-order valence-corrected chi connectivity index (χ0v) is 11.8. The average molecular weight is 272 g/mol. The second-order valence-electron chi connectivity index (χ2n) is 4.92. The van der Waals surface area contributed by atoms with Crippen molar-refractivity contribution in [3.05, 3.63) is 29.6 Å². The topological polar surface area (TPSA) is 53.4 Å². The molecule has 4 nitrogen and oxygen atoms in total. The molecule has 0 aromatic carbocycles. The van der Waals surface area contributed by atoms with Gasteiger partial charge in [-0.2, -0.15) is 0 Å². The van der Waals surface area contributed by atoms with E-state index >= 15 is 0 Å². The van der Waals surface area contributed by atoms with E-state index in [1.807, 2.05) is 11.8 Å². The molecule has 0 atom stereocenters. The maximum atomic E-state index is 12.5. The van der Waals surface area contributed by atoms with E-state index in [0.717, 1.165) is 19.4 Å². The van der Waals surface area contributed by atoms with Crippen LogP contribution in [0.2, 0.25) is 0 Å². The molecule has 1 aliphatic rings. The van der Waals surface area contributed by atoms with Crippen LogP contribution in [0.15, 0.2) is 18.3 Å². The van der Waals surface area contributed by atoms with Crippen molar-refractivity contribution in [2.45, 2.75) is 38.6 Å². The van der Waals surface area contributed by atoms with Crippen LogP contribution in [-0.2, 0) is 0 Å². The molecule has 4 heteroatoms. The van der Waals surface area contributed by atoms with Gasteiger partial charge >= 0.3 is 0 Å². The van der Waals surface area contributed by atoms with Crippen molar-refractivity contribution >= 4 is 5.91 Å². The molecular weight excluding hydrogens is 252 g/mol. The molecule has 20 heavy (non-hydrogen) atoms. The minimum absolute atomic E-state index is 0.000988. The van der Waals surface area contributed by atoms with E-state index in [1.165, 1.54) is 12.8 Å². The van der Waals surface area contributed by atoms with Gasteiger partial charge in [0, 0.05) is 24.3 Å². The standard InChI is InChI=1S/C16H20N2O2/c1-2-18(14-7-3-4-8-14)16(20)15-10-9-13(12-17-15)6-5-11-19/h9-10,12,14,19H,2-4,7-8,11H2,1H3. The number of amides is 1. The van der Waals surface area contributed by atoms with E-state index < -0.39 is 0 Å². The summed E-state index contributed by atoms with van der Waals surface area (Å²) in [6.45, 7) is 2.56. The number of aliphatic hydroxyl groups is 1. The first kappa shape index (κ1) is 14.5. The van der Waals surface area contributed by atoms with Gasteiger partial charge in [-0.15, -0.1) is 0 Å². The van der Waals surface area contributed by atoms with Crippen LogP contribution in [0.4, 0.5) is 0 Å². The SMILES string of the molecule is CCN(C(=O)c1ccc(C#CCO)cn1)C1CCCC1. The van der Waals surface area contributed by atoms with E-state index in [2.05, 4.69) is 16.8 Å². The zero-order chi connectivity index (χ0) is 14.4. The molecule has 0 radical (unpaired) electrons. The Labute approximate surface area is 119 Å². The Bertz CT molecular complexity index is 508. The molecule has 1 heterocycles. The first-order valence-electron chi connectivity index (χ1n) is 7.13. The summed E-state index contributed by atoms with van der Waals surface area (Å²) in [6.07, 6.45) is 6.19. The van der Waals surface area contributed by atoms with Crippen LogP contribution < -0.4 is 0 Å². The van der Waals surface area contributed by atoms with Crippen LogP contribution in [0.3, 0.4) is 0 Å². The van der Waals surface area contributed by atoms with Gasteiger partial charge in [0.25, 0.3) is 5.91 Å². The third kappa shape index (κ3) is 3.37. The van der Waals surface area contributed by atoms with Crippen molar-refractivity contribution in [1.82, 2.24) is 9.88 Å². The first-order chi connectivity index (χ1) is 9.76. The second kappa shape index (κ2) is 7.06. The lowest BCUT2D eigenvalue weighted by Crippen LogP contribution is -2.39. The van der Waals surface area contributed by atoms with E-state index in [9.17, 15) is 4.79 Å². The predicted molar refractivity (Wildman–Crippen MR) is 77.2 cm³/mol. The number of hydrogen-bond donors (Lipinski definition) is 1. The molecule has 1 saturated carbocycles. The summed E-state index contributed by atoms with van der Waals surface area (Å²) < 4.78 is 0. The molecule has 0 bridgehead atoms. The molecule has 0 unspecified atom stereocenters. The van der Waals surface area contributed by atoms with Crippen LogP contribution in [0.1, 0.15) is 48.7 Å². The van der Waals surface area contributed by atoms with Crippen LogP contribution in [-0.4, -0.2) is 40.1 Å². The Morgan fingerprint density at radius 1 is 1.45 bits per heavy atom. The van der Waals surface area contributed by atoms with Crippen molar-refractivity contribution in [2.24, 2.45) is 0 Å². The molecular formula is C16H20N2O2. The monoisotopic (exact) mass is 272 g/mol. The van der Waals surface area contributed by atoms with Crippen LogP contribution >= 0.6 is 0 Å². The molecule has 106 valence electrons. The Balaban J connectivity index is 2.11. The Morgan fingerprint density at radius 2 is 2.20 bits per heavy atom. The lowest BCUT2D eigenvalue weighted by molar-refractivity contribution is 0.0687. The van der Waals surface area contributed by atoms with E-state index in [1.54, 1.807) is 18.3 Å². The highest BCUT2D eigenvalue weighted by molar-refractivity contribution is 5.92. The number of aromatic nitrogens is 1. The van der Waals surface area contributed by atoms with Crippen LogP contribution in [0, 0.1) is 11.8 Å². The number of hydrogen-bond acceptors (Lipinski definition) is 3. The van der Waals surface area contributed by atoms with Gasteiger partial charge < -0.3 is 10.0 Å². The van der Waals surface area contributed by atoms with Gasteiger partial charge in [-0.3, -0.25) is 4.79 Å². The number of rotatable bonds is 3. The molecule has 1 aliphatic carbocycles. The normalized spacial score (nSPS) is 14.7. The summed E-state index contributed by atoms with van der Waals surface area (Å²) in [6, 6.07) is 3.84. The zero-order valence-electron chi connectivity index (χ0n) is 11.8. The lowest BCUT2D eigenvalue weighted by Gasteiger charge is -2.27. The highest BCUT2D eigenvalue weighted by Gasteiger charge is 2.26. The Morgan fingerprint density at radius 3 is 2.75 bits per heavy atom. The van der Waals surface area contributed by atoms with Crippen molar-refractivity contribution in [1.29, 1.82) is 0 Å². The quantitative estimate of drug-likeness (QED) is 0.854. The molecule has 1 N–H and O–H groups in total. The fourth-order valence-electron chi connectivity index (χ4n) is 2.67. The lowest BCUT2D eigenvalue weighted by atomic mass is 10.2. The number of pyridine rings is 1. The molecule has 1 fully saturated rings. The summed E-state index contributed by atoms with van der Waals surface area (Å²) in [4.78, 5) is 18.6. The predicted octanol–water partition coefficient (Wildman–Crippen LogP) is 1.83. The maximum absolute atomic E-state index is 12.5. The molecule has 1 aromatic rings. The minimum Gasteiger partial charge on any atom is -0.384 e. The molecule has 2 rings (SSSR count). The fourth-order valence-corrected chi connectivity index (χ4v) is 2.67. The summed E-state index contributed by atoms with van der Waals surface area (Å²) >= 11 is 0. The van der Waals surface area contributed by atoms with Gasteiger partial charge in [-0.1, -0.05) is 24.7 Å². The van der Waals surface area contributed by atoms with Crippen LogP contribution in [0.5, 0.6) is 0 Å². The average Bonchev–Trinajstić information content (AvgIpc) is 3.00. The van der Waals surface area contributed by atoms with Crippen molar-refractivity contribution in [3.63, 3.8) is 0 Å². The van der Waals surface area contributed by atoms with Crippen molar-refractivity contribution < 1.29 is 9.90 Å². The molecule has 0 spiro atoms. The number of carbonyl (C=O) groups is 1. The van der Waals surface area contributed by atoms with Crippen molar-refractivity contribution in [2.75, 3.05) is 13.2 Å². The molecule has 0 aliphatic heterocycles. The summed E-state index contributed by atoms with van der Waals surface area (Å²) in [5, 5.41) is 8.64. The molecule has 1 amide bonds. The molecule has 0 saturated heterocycles. The third-order valence-electron chi connectivity index (χ3n) is 3.66. The Hall–Kier alpha value is -1.86. The minimum atomic E-state index is -0.175. The number of aliphatic hydroxyl groups excluding tert-OH is 1. The maximum Gasteiger partial charge on any atom is 0.272 e. The highest BCUT2D eigenvalue weighted by atomic mass is 16.2. The summed E-state index contributed by atoms with van der Waals surface area (Å²) in [7, 11) is 0. The van der Waals surface area contributed by atoms with E-state index in [-0.39, 0.29) is 12.5 Å². The number of carbonyl (C=O) groups excluding carboxylic acids is 1. The largest absolute Gasteiger partial charge is 0.384 e. The van der Waals surface area contributed by atoms with Gasteiger partial charge in [0.2, 0.25) is 0 Å². The fraction of sp³-hybridized carbons (Fsp3) is 0.500. The smallest absolute Gasteiger partial charge is 0.272 e. The van der Waals surface area contributed by atoms with Gasteiger partial charge in [-0.05, 0) is 31.9 Å². The van der Waals surface area contributed by atoms with E-state index in [4.69, 9.17) is 5.11 Å². The summed E-state index contributed by atoms with van der Waals surface area (Å²) in [5.74, 6) is 5.33. The van der Waals surface area contributed by atoms with Gasteiger partial charge in [0.05, 0.1) is 0 Å². The first-order valence-corrected chi connectivity index (χ1v) is 7.13. The van der Waals surface area contributed by atoms with Gasteiger partial charge in [0.1, 0.15) is 12.3 Å². The Kier molecular flexibility index (Phi) is 5.14. The van der Waals surface area contributed by atoms with Gasteiger partial charge in [0.15, 0.2) is 0 Å².